The number of esters is 1. The second-order valence-electron chi connectivity index (χ2n) is 5.41. The number of benzene rings is 1. The zero-order valence-corrected chi connectivity index (χ0v) is 15.0. The van der Waals surface area contributed by atoms with Crippen molar-refractivity contribution >= 4 is 35.3 Å². The van der Waals surface area contributed by atoms with Gasteiger partial charge >= 0.3 is 5.97 Å². The van der Waals surface area contributed by atoms with E-state index in [2.05, 4.69) is 10.6 Å². The molecule has 0 spiro atoms. The summed E-state index contributed by atoms with van der Waals surface area (Å²) >= 11 is 1.15. The molecule has 0 aliphatic carbocycles. The highest BCUT2D eigenvalue weighted by Crippen LogP contribution is 2.20. The Bertz CT molecular complexity index is 666. The fourth-order valence-corrected chi connectivity index (χ4v) is 3.17. The highest BCUT2D eigenvalue weighted by molar-refractivity contribution is 8.00. The van der Waals surface area contributed by atoms with Gasteiger partial charge in [-0.3, -0.25) is 19.2 Å². The van der Waals surface area contributed by atoms with Gasteiger partial charge in [0.15, 0.2) is 12.4 Å². The van der Waals surface area contributed by atoms with Crippen molar-refractivity contribution in [2.75, 3.05) is 19.0 Å². The number of carbonyl (C=O) groups is 4. The molecule has 8 nitrogen and oxygen atoms in total. The molecule has 0 radical (unpaired) electrons. The molecule has 9 heteroatoms. The molecule has 1 saturated heterocycles. The van der Waals surface area contributed by atoms with Gasteiger partial charge in [-0.15, -0.1) is 11.8 Å². The Hall–Kier alpha value is -2.55. The van der Waals surface area contributed by atoms with Crippen LogP contribution in [0.4, 0.5) is 0 Å². The number of carbonyl (C=O) groups excluding carboxylic acids is 4. The Labute approximate surface area is 155 Å². The summed E-state index contributed by atoms with van der Waals surface area (Å²) in [5.41, 5.74) is 0. The fourth-order valence-electron chi connectivity index (χ4n) is 2.12. The van der Waals surface area contributed by atoms with Crippen LogP contribution >= 0.6 is 11.8 Å². The molecule has 0 saturated carbocycles. The minimum absolute atomic E-state index is 0.0383. The third-order valence-corrected chi connectivity index (χ3v) is 4.61. The quantitative estimate of drug-likeness (QED) is 0.340. The highest BCUT2D eigenvalue weighted by atomic mass is 32.2. The molecular weight excluding hydrogens is 360 g/mol. The van der Waals surface area contributed by atoms with Crippen LogP contribution in [-0.4, -0.2) is 53.9 Å². The number of ether oxygens (including phenoxy) is 2. The zero-order valence-electron chi connectivity index (χ0n) is 14.2. The Morgan fingerprint density at radius 3 is 2.62 bits per heavy atom. The third kappa shape index (κ3) is 6.07. The molecule has 2 rings (SSSR count). The number of rotatable bonds is 10. The molecule has 1 aliphatic heterocycles. The van der Waals surface area contributed by atoms with Gasteiger partial charge < -0.3 is 20.1 Å². The standard InChI is InChI=1S/C17H20N2O6S/c1-2-24-14(22)8-11(20)10-26-17-15(16(23)19-17)18-13(21)9-25-12-6-4-3-5-7-12/h3-7,15,17H,2,8-10H2,1H3,(H,18,21)(H,19,23)/t15-,17-/m1/s1. The van der Waals surface area contributed by atoms with Crippen LogP contribution in [0.1, 0.15) is 13.3 Å². The topological polar surface area (TPSA) is 111 Å². The lowest BCUT2D eigenvalue weighted by Crippen LogP contribution is -2.68. The average Bonchev–Trinajstić information content (AvgIpc) is 2.62. The van der Waals surface area contributed by atoms with E-state index in [4.69, 9.17) is 9.47 Å². The minimum Gasteiger partial charge on any atom is -0.484 e. The number of hydrogen-bond acceptors (Lipinski definition) is 7. The van der Waals surface area contributed by atoms with Crippen LogP contribution in [0.2, 0.25) is 0 Å². The van der Waals surface area contributed by atoms with Gasteiger partial charge in [-0.2, -0.15) is 0 Å². The van der Waals surface area contributed by atoms with E-state index in [1.54, 1.807) is 31.2 Å². The van der Waals surface area contributed by atoms with Crippen molar-refractivity contribution in [3.8, 4) is 5.75 Å². The number of hydrogen-bond donors (Lipinski definition) is 2. The van der Waals surface area contributed by atoms with E-state index in [-0.39, 0.29) is 37.1 Å². The van der Waals surface area contributed by atoms with Crippen molar-refractivity contribution in [2.45, 2.75) is 24.8 Å². The molecule has 0 bridgehead atoms. The lowest BCUT2D eigenvalue weighted by atomic mass is 10.1. The van der Waals surface area contributed by atoms with Crippen molar-refractivity contribution in [1.82, 2.24) is 10.6 Å². The number of thioether (sulfide) groups is 1. The molecule has 2 atom stereocenters. The molecule has 2 amide bonds. The Balaban J connectivity index is 1.71. The van der Waals surface area contributed by atoms with Crippen LogP contribution in [-0.2, 0) is 23.9 Å². The number of amides is 2. The number of para-hydroxylation sites is 1. The second-order valence-corrected chi connectivity index (χ2v) is 6.54. The number of ketones is 1. The first-order chi connectivity index (χ1) is 12.5. The smallest absolute Gasteiger partial charge is 0.313 e. The Kier molecular flexibility index (Phi) is 7.46. The van der Waals surface area contributed by atoms with Gasteiger partial charge in [-0.1, -0.05) is 18.2 Å². The molecule has 1 aromatic rings. The SMILES string of the molecule is CCOC(=O)CC(=O)CS[C@H]1NC(=O)[C@H]1NC(=O)COc1ccccc1. The van der Waals surface area contributed by atoms with E-state index >= 15 is 0 Å². The maximum atomic E-state index is 11.9. The number of β-lactam (4-membered cyclic amide) rings is 1. The van der Waals surface area contributed by atoms with E-state index < -0.39 is 23.3 Å². The average molecular weight is 380 g/mol. The van der Waals surface area contributed by atoms with E-state index in [1.165, 1.54) is 0 Å². The van der Waals surface area contributed by atoms with Crippen LogP contribution in [0.5, 0.6) is 5.75 Å². The van der Waals surface area contributed by atoms with Crippen molar-refractivity contribution in [3.63, 3.8) is 0 Å². The molecule has 140 valence electrons. The lowest BCUT2D eigenvalue weighted by Gasteiger charge is -2.36. The number of nitrogens with one attached hydrogen (secondary N) is 2. The molecule has 0 aromatic heterocycles. The highest BCUT2D eigenvalue weighted by Gasteiger charge is 2.41. The van der Waals surface area contributed by atoms with Gasteiger partial charge in [-0.25, -0.2) is 0 Å². The monoisotopic (exact) mass is 380 g/mol. The summed E-state index contributed by atoms with van der Waals surface area (Å²) in [5, 5.41) is 4.76. The molecule has 1 aromatic carbocycles. The molecule has 1 fully saturated rings. The Morgan fingerprint density at radius 2 is 1.96 bits per heavy atom. The molecule has 2 N–H and O–H groups in total. The lowest BCUT2D eigenvalue weighted by molar-refractivity contribution is -0.145. The van der Waals surface area contributed by atoms with Crippen molar-refractivity contribution < 1.29 is 28.7 Å². The van der Waals surface area contributed by atoms with Gasteiger partial charge in [0.25, 0.3) is 5.91 Å². The summed E-state index contributed by atoms with van der Waals surface area (Å²) in [6.45, 7) is 1.67. The minimum atomic E-state index is -0.734. The first-order valence-electron chi connectivity index (χ1n) is 8.06. The van der Waals surface area contributed by atoms with Crippen LogP contribution in [0.3, 0.4) is 0 Å². The number of Topliss-reactive ketones (excluding diaryl/α,β-unsaturated/α-hetero) is 1. The van der Waals surface area contributed by atoms with E-state index in [0.29, 0.717) is 5.75 Å². The predicted molar refractivity (Wildman–Crippen MR) is 94.5 cm³/mol. The molecule has 1 heterocycles. The van der Waals surface area contributed by atoms with Crippen LogP contribution in [0.25, 0.3) is 0 Å². The van der Waals surface area contributed by atoms with Gasteiger partial charge in [0.1, 0.15) is 23.6 Å². The fraction of sp³-hybridized carbons (Fsp3) is 0.412. The van der Waals surface area contributed by atoms with Crippen LogP contribution < -0.4 is 15.4 Å². The predicted octanol–water partition coefficient (Wildman–Crippen LogP) is 0.262. The van der Waals surface area contributed by atoms with E-state index in [9.17, 15) is 19.2 Å². The first-order valence-corrected chi connectivity index (χ1v) is 9.11. The molecule has 0 unspecified atom stereocenters. The maximum absolute atomic E-state index is 11.9. The zero-order chi connectivity index (χ0) is 18.9. The normalized spacial score (nSPS) is 18.3. The maximum Gasteiger partial charge on any atom is 0.313 e. The van der Waals surface area contributed by atoms with Crippen molar-refractivity contribution in [3.05, 3.63) is 30.3 Å². The van der Waals surface area contributed by atoms with Gasteiger partial charge in [0.2, 0.25) is 5.91 Å². The summed E-state index contributed by atoms with van der Waals surface area (Å²) in [5.74, 6) is -1.04. The first kappa shape index (κ1) is 19.8. The van der Waals surface area contributed by atoms with Gasteiger partial charge in [-0.05, 0) is 19.1 Å². The molecular formula is C17H20N2O6S. The summed E-state index contributed by atoms with van der Waals surface area (Å²) in [6.07, 6.45) is -0.302. The molecule has 26 heavy (non-hydrogen) atoms. The van der Waals surface area contributed by atoms with E-state index in [1.807, 2.05) is 6.07 Å². The summed E-state index contributed by atoms with van der Waals surface area (Å²) in [6, 6.07) is 8.10. The third-order valence-electron chi connectivity index (χ3n) is 3.37. The van der Waals surface area contributed by atoms with Gasteiger partial charge in [0, 0.05) is 0 Å². The summed E-state index contributed by atoms with van der Waals surface area (Å²) in [7, 11) is 0. The summed E-state index contributed by atoms with van der Waals surface area (Å²) < 4.78 is 10.0. The van der Waals surface area contributed by atoms with Crippen LogP contribution in [0.15, 0.2) is 30.3 Å². The molecule has 1 aliphatic rings. The van der Waals surface area contributed by atoms with Crippen molar-refractivity contribution in [2.24, 2.45) is 0 Å². The van der Waals surface area contributed by atoms with Crippen LogP contribution in [0, 0.1) is 0 Å². The van der Waals surface area contributed by atoms with Crippen molar-refractivity contribution in [1.29, 1.82) is 0 Å². The van der Waals surface area contributed by atoms with Gasteiger partial charge in [0.05, 0.1) is 12.4 Å². The summed E-state index contributed by atoms with van der Waals surface area (Å²) in [4.78, 5) is 46.5. The second kappa shape index (κ2) is 9.81. The Morgan fingerprint density at radius 1 is 1.23 bits per heavy atom. The van der Waals surface area contributed by atoms with E-state index in [0.717, 1.165) is 11.8 Å². The largest absolute Gasteiger partial charge is 0.484 e.